The van der Waals surface area contributed by atoms with E-state index in [-0.39, 0.29) is 5.56 Å². The van der Waals surface area contributed by atoms with Crippen molar-refractivity contribution in [2.24, 2.45) is 4.99 Å². The predicted octanol–water partition coefficient (Wildman–Crippen LogP) is 3.35. The smallest absolute Gasteiger partial charge is 0.258 e. The van der Waals surface area contributed by atoms with E-state index in [2.05, 4.69) is 47.2 Å². The molecule has 0 aliphatic carbocycles. The molecule has 1 aliphatic rings. The van der Waals surface area contributed by atoms with Crippen LogP contribution in [-0.4, -0.2) is 40.8 Å². The molecule has 3 heterocycles. The summed E-state index contributed by atoms with van der Waals surface area (Å²) in [5.74, 6) is -0.586. The van der Waals surface area contributed by atoms with E-state index < -0.39 is 5.83 Å². The van der Waals surface area contributed by atoms with Gasteiger partial charge >= 0.3 is 0 Å². The molecule has 0 saturated carbocycles. The number of nitrogens with one attached hydrogen (secondary N) is 1. The van der Waals surface area contributed by atoms with Crippen LogP contribution in [0.4, 0.5) is 10.1 Å². The van der Waals surface area contributed by atoms with E-state index in [0.717, 1.165) is 25.0 Å². The van der Waals surface area contributed by atoms with Crippen LogP contribution in [-0.2, 0) is 0 Å². The van der Waals surface area contributed by atoms with E-state index in [1.165, 1.54) is 16.5 Å². The number of hydrogen-bond acceptors (Lipinski definition) is 5. The second kappa shape index (κ2) is 8.53. The average Bonchev–Trinajstić information content (AvgIpc) is 2.65. The average molecular weight is 395 g/mol. The molecule has 0 bridgehead atoms. The van der Waals surface area contributed by atoms with Gasteiger partial charge in [-0.3, -0.25) is 14.2 Å². The molecule has 1 fully saturated rings. The molecule has 7 heteroatoms. The summed E-state index contributed by atoms with van der Waals surface area (Å²) in [4.78, 5) is 23.2. The third kappa shape index (κ3) is 5.06. The molecule has 152 valence electrons. The van der Waals surface area contributed by atoms with Crippen molar-refractivity contribution in [2.75, 3.05) is 18.0 Å². The Morgan fingerprint density at radius 2 is 2.00 bits per heavy atom. The molecule has 1 saturated heterocycles. The van der Waals surface area contributed by atoms with E-state index in [0.29, 0.717) is 34.7 Å². The van der Waals surface area contributed by atoms with Crippen LogP contribution in [0.15, 0.2) is 64.9 Å². The maximum Gasteiger partial charge on any atom is 0.258 e. The molecule has 0 amide bonds. The number of anilines is 1. The van der Waals surface area contributed by atoms with Crippen molar-refractivity contribution in [1.29, 1.82) is 0 Å². The Hall–Kier alpha value is -3.06. The zero-order valence-electron chi connectivity index (χ0n) is 17.0. The number of allylic oxidation sites excluding steroid dienone is 4. The minimum atomic E-state index is -0.586. The van der Waals surface area contributed by atoms with Crippen molar-refractivity contribution >= 4 is 23.1 Å². The molecule has 2 atom stereocenters. The summed E-state index contributed by atoms with van der Waals surface area (Å²) < 4.78 is 15.4. The first-order valence-corrected chi connectivity index (χ1v) is 9.53. The SMILES string of the molecule is C=C(C)N=C/C(F)=C\C(=C)c1cc(=O)n2cc(N3C[C@@H](C)N[C@@H](C)C3)ccc2n1. The summed E-state index contributed by atoms with van der Waals surface area (Å²) in [6.45, 7) is 15.1. The largest absolute Gasteiger partial charge is 0.367 e. The van der Waals surface area contributed by atoms with Crippen molar-refractivity contribution in [3.63, 3.8) is 0 Å². The molecule has 0 spiro atoms. The fourth-order valence-electron chi connectivity index (χ4n) is 3.43. The minimum Gasteiger partial charge on any atom is -0.367 e. The third-order valence-corrected chi connectivity index (χ3v) is 4.62. The summed E-state index contributed by atoms with van der Waals surface area (Å²) in [6.07, 6.45) is 4.06. The van der Waals surface area contributed by atoms with Crippen LogP contribution in [0.2, 0.25) is 0 Å². The van der Waals surface area contributed by atoms with Gasteiger partial charge in [-0.1, -0.05) is 13.2 Å². The molecule has 2 aromatic rings. The van der Waals surface area contributed by atoms with Gasteiger partial charge in [0.25, 0.3) is 5.56 Å². The highest BCUT2D eigenvalue weighted by Crippen LogP contribution is 2.19. The standard InChI is InChI=1S/C22H26FN5O/c1-14(2)24-10-18(23)8-15(3)20-9-22(29)28-13-19(6-7-21(28)26-20)27-11-16(4)25-17(5)12-27/h6-10,13,16-17,25H,1,3,11-12H2,2,4-5H3/b18-8+,24-10?/t16-,17+. The van der Waals surface area contributed by atoms with Crippen molar-refractivity contribution < 1.29 is 4.39 Å². The molecule has 1 aliphatic heterocycles. The van der Waals surface area contributed by atoms with Gasteiger partial charge in [-0.2, -0.15) is 0 Å². The van der Waals surface area contributed by atoms with Gasteiger partial charge in [-0.05, 0) is 44.6 Å². The Morgan fingerprint density at radius 3 is 2.66 bits per heavy atom. The van der Waals surface area contributed by atoms with Crippen molar-refractivity contribution in [2.45, 2.75) is 32.9 Å². The summed E-state index contributed by atoms with van der Waals surface area (Å²) in [7, 11) is 0. The van der Waals surface area contributed by atoms with Crippen molar-refractivity contribution in [1.82, 2.24) is 14.7 Å². The second-order valence-electron chi connectivity index (χ2n) is 7.52. The van der Waals surface area contributed by atoms with Crippen LogP contribution in [0, 0.1) is 0 Å². The van der Waals surface area contributed by atoms with Gasteiger partial charge in [0.15, 0.2) is 0 Å². The number of aliphatic imine (C=N–C) groups is 1. The van der Waals surface area contributed by atoms with Gasteiger partial charge in [0.2, 0.25) is 0 Å². The summed E-state index contributed by atoms with van der Waals surface area (Å²) in [5.41, 5.74) is 2.32. The number of pyridine rings is 1. The summed E-state index contributed by atoms with van der Waals surface area (Å²) in [5, 5.41) is 3.50. The number of nitrogens with zero attached hydrogens (tertiary/aromatic N) is 4. The lowest BCUT2D eigenvalue weighted by atomic mass is 10.1. The molecule has 2 aromatic heterocycles. The van der Waals surface area contributed by atoms with Gasteiger partial charge in [0, 0.05) is 43.1 Å². The fourth-order valence-corrected chi connectivity index (χ4v) is 3.43. The Kier molecular flexibility index (Phi) is 6.08. The van der Waals surface area contributed by atoms with Crippen molar-refractivity contribution in [3.05, 3.63) is 71.2 Å². The quantitative estimate of drug-likeness (QED) is 0.623. The molecule has 0 unspecified atom stereocenters. The number of hydrogen-bond donors (Lipinski definition) is 1. The van der Waals surface area contributed by atoms with E-state index in [4.69, 9.17) is 0 Å². The van der Waals surface area contributed by atoms with E-state index in [9.17, 15) is 9.18 Å². The topological polar surface area (TPSA) is 62.0 Å². The Morgan fingerprint density at radius 1 is 1.31 bits per heavy atom. The van der Waals surface area contributed by atoms with Gasteiger partial charge in [0.05, 0.1) is 17.6 Å². The van der Waals surface area contributed by atoms with E-state index in [1.807, 2.05) is 6.07 Å². The van der Waals surface area contributed by atoms with Crippen molar-refractivity contribution in [3.8, 4) is 0 Å². The van der Waals surface area contributed by atoms with E-state index in [1.54, 1.807) is 19.2 Å². The Labute approximate surface area is 169 Å². The lowest BCUT2D eigenvalue weighted by Crippen LogP contribution is -2.54. The zero-order valence-corrected chi connectivity index (χ0v) is 17.0. The monoisotopic (exact) mass is 395 g/mol. The van der Waals surface area contributed by atoms with Gasteiger partial charge in [-0.15, -0.1) is 0 Å². The normalized spacial score (nSPS) is 20.4. The molecule has 0 aromatic carbocycles. The van der Waals surface area contributed by atoms with Crippen LogP contribution >= 0.6 is 0 Å². The number of rotatable bonds is 5. The highest BCUT2D eigenvalue weighted by Gasteiger charge is 2.21. The molecule has 29 heavy (non-hydrogen) atoms. The number of halogens is 1. The first-order valence-electron chi connectivity index (χ1n) is 9.53. The Balaban J connectivity index is 1.90. The van der Waals surface area contributed by atoms with Gasteiger partial charge < -0.3 is 10.2 Å². The van der Waals surface area contributed by atoms with Crippen LogP contribution in [0.3, 0.4) is 0 Å². The van der Waals surface area contributed by atoms with Crippen LogP contribution < -0.4 is 15.8 Å². The maximum absolute atomic E-state index is 13.9. The predicted molar refractivity (Wildman–Crippen MR) is 117 cm³/mol. The maximum atomic E-state index is 13.9. The van der Waals surface area contributed by atoms with Crippen LogP contribution in [0.1, 0.15) is 26.5 Å². The molecule has 3 rings (SSSR count). The zero-order chi connectivity index (χ0) is 21.1. The highest BCUT2D eigenvalue weighted by atomic mass is 19.1. The van der Waals surface area contributed by atoms with E-state index >= 15 is 0 Å². The summed E-state index contributed by atoms with van der Waals surface area (Å²) >= 11 is 0. The van der Waals surface area contributed by atoms with Crippen LogP contribution in [0.25, 0.3) is 11.2 Å². The molecular weight excluding hydrogens is 369 g/mol. The first kappa shape index (κ1) is 20.7. The lowest BCUT2D eigenvalue weighted by Gasteiger charge is -2.37. The third-order valence-electron chi connectivity index (χ3n) is 4.62. The molecule has 1 N–H and O–H groups in total. The van der Waals surface area contributed by atoms with Crippen LogP contribution in [0.5, 0.6) is 0 Å². The van der Waals surface area contributed by atoms with Gasteiger partial charge in [-0.25, -0.2) is 9.37 Å². The number of fused-ring (bicyclic) bond motifs is 1. The van der Waals surface area contributed by atoms with Gasteiger partial charge in [0.1, 0.15) is 11.5 Å². The lowest BCUT2D eigenvalue weighted by molar-refractivity contribution is 0.407. The molecular formula is C22H26FN5O. The number of piperazine rings is 1. The first-order chi connectivity index (χ1) is 13.7. The minimum absolute atomic E-state index is 0.242. The Bertz CT molecular complexity index is 1060. The summed E-state index contributed by atoms with van der Waals surface area (Å²) in [6, 6.07) is 5.85. The number of aromatic nitrogens is 2. The molecule has 6 nitrogen and oxygen atoms in total. The molecule has 0 radical (unpaired) electrons. The highest BCUT2D eigenvalue weighted by molar-refractivity contribution is 5.83. The second-order valence-corrected chi connectivity index (χ2v) is 7.52. The fraction of sp³-hybridized carbons (Fsp3) is 0.318.